The van der Waals surface area contributed by atoms with E-state index in [1.165, 1.54) is 11.3 Å². The van der Waals surface area contributed by atoms with Crippen LogP contribution in [0.3, 0.4) is 0 Å². The van der Waals surface area contributed by atoms with Crippen LogP contribution in [0.1, 0.15) is 34.9 Å². The van der Waals surface area contributed by atoms with Crippen LogP contribution in [0.5, 0.6) is 5.75 Å². The van der Waals surface area contributed by atoms with Crippen LogP contribution >= 0.6 is 11.3 Å². The van der Waals surface area contributed by atoms with E-state index in [1.54, 1.807) is 17.5 Å². The van der Waals surface area contributed by atoms with E-state index in [4.69, 9.17) is 10.5 Å². The van der Waals surface area contributed by atoms with E-state index >= 15 is 0 Å². The maximum atomic E-state index is 12.5. The SMILES string of the molecule is CC(C)Oc1ccccc1C(=O)c1csc(CCN)n1. The van der Waals surface area contributed by atoms with Gasteiger partial charge in [-0.1, -0.05) is 12.1 Å². The standard InChI is InChI=1S/C15H18N2O2S/c1-10(2)19-13-6-4-3-5-11(13)15(18)12-9-20-14(17-12)7-8-16/h3-6,9-10H,7-8,16H2,1-2H3. The van der Waals surface area contributed by atoms with Gasteiger partial charge in [-0.2, -0.15) is 0 Å². The van der Waals surface area contributed by atoms with Crippen LogP contribution in [0.25, 0.3) is 0 Å². The first-order valence-electron chi connectivity index (χ1n) is 6.56. The van der Waals surface area contributed by atoms with Crippen molar-refractivity contribution < 1.29 is 9.53 Å². The highest BCUT2D eigenvalue weighted by Crippen LogP contribution is 2.23. The lowest BCUT2D eigenvalue weighted by molar-refractivity contribution is 0.102. The number of hydrogen-bond acceptors (Lipinski definition) is 5. The number of rotatable bonds is 6. The molecule has 4 nitrogen and oxygen atoms in total. The first-order chi connectivity index (χ1) is 9.61. The summed E-state index contributed by atoms with van der Waals surface area (Å²) in [4.78, 5) is 16.8. The Morgan fingerprint density at radius 3 is 2.85 bits per heavy atom. The molecule has 0 aliphatic heterocycles. The number of carbonyl (C=O) groups is 1. The van der Waals surface area contributed by atoms with Crippen LogP contribution in [0.4, 0.5) is 0 Å². The zero-order chi connectivity index (χ0) is 14.5. The average Bonchev–Trinajstić information content (AvgIpc) is 2.87. The smallest absolute Gasteiger partial charge is 0.215 e. The Morgan fingerprint density at radius 2 is 2.15 bits per heavy atom. The molecule has 0 radical (unpaired) electrons. The van der Waals surface area contributed by atoms with Crippen molar-refractivity contribution in [3.63, 3.8) is 0 Å². The third kappa shape index (κ3) is 3.43. The van der Waals surface area contributed by atoms with E-state index in [0.29, 0.717) is 30.0 Å². The molecule has 0 amide bonds. The predicted molar refractivity (Wildman–Crippen MR) is 80.5 cm³/mol. The highest BCUT2D eigenvalue weighted by molar-refractivity contribution is 7.09. The zero-order valence-corrected chi connectivity index (χ0v) is 12.4. The predicted octanol–water partition coefficient (Wildman–Crippen LogP) is 2.66. The molecule has 5 heteroatoms. The monoisotopic (exact) mass is 290 g/mol. The summed E-state index contributed by atoms with van der Waals surface area (Å²) < 4.78 is 5.68. The summed E-state index contributed by atoms with van der Waals surface area (Å²) in [5.74, 6) is 0.488. The van der Waals surface area contributed by atoms with Gasteiger partial charge >= 0.3 is 0 Å². The maximum Gasteiger partial charge on any atom is 0.215 e. The summed E-state index contributed by atoms with van der Waals surface area (Å²) in [5, 5.41) is 2.66. The van der Waals surface area contributed by atoms with Crippen molar-refractivity contribution in [3.8, 4) is 5.75 Å². The number of nitrogens with zero attached hydrogens (tertiary/aromatic N) is 1. The molecule has 0 aliphatic rings. The molecule has 0 bridgehead atoms. The minimum Gasteiger partial charge on any atom is -0.490 e. The number of carbonyl (C=O) groups excluding carboxylic acids is 1. The fraction of sp³-hybridized carbons (Fsp3) is 0.333. The lowest BCUT2D eigenvalue weighted by Gasteiger charge is -2.12. The van der Waals surface area contributed by atoms with Gasteiger partial charge in [0.1, 0.15) is 11.4 Å². The van der Waals surface area contributed by atoms with Gasteiger partial charge in [0.25, 0.3) is 0 Å². The third-order valence-electron chi connectivity index (χ3n) is 2.64. The molecule has 0 spiro atoms. The quantitative estimate of drug-likeness (QED) is 0.831. The molecule has 0 saturated carbocycles. The summed E-state index contributed by atoms with van der Waals surface area (Å²) in [5.41, 5.74) is 6.50. The Bertz CT molecular complexity index is 593. The number of nitrogens with two attached hydrogens (primary N) is 1. The summed E-state index contributed by atoms with van der Waals surface area (Å²) in [6, 6.07) is 7.26. The molecule has 0 fully saturated rings. The summed E-state index contributed by atoms with van der Waals surface area (Å²) in [6.45, 7) is 4.40. The second-order valence-corrected chi connectivity index (χ2v) is 5.60. The van der Waals surface area contributed by atoms with Gasteiger partial charge in [0.15, 0.2) is 0 Å². The Hall–Kier alpha value is -1.72. The Labute approximate surface area is 122 Å². The molecule has 1 aromatic carbocycles. The molecular weight excluding hydrogens is 272 g/mol. The van der Waals surface area contributed by atoms with Gasteiger partial charge in [0.2, 0.25) is 5.78 Å². The molecule has 1 heterocycles. The molecule has 2 rings (SSSR count). The van der Waals surface area contributed by atoms with E-state index in [0.717, 1.165) is 5.01 Å². The Morgan fingerprint density at radius 1 is 1.40 bits per heavy atom. The molecule has 0 atom stereocenters. The minimum absolute atomic E-state index is 0.0205. The van der Waals surface area contributed by atoms with Crippen molar-refractivity contribution in [3.05, 3.63) is 45.9 Å². The molecule has 106 valence electrons. The number of hydrogen-bond donors (Lipinski definition) is 1. The van der Waals surface area contributed by atoms with E-state index in [2.05, 4.69) is 4.98 Å². The van der Waals surface area contributed by atoms with Crippen LogP contribution in [-0.4, -0.2) is 23.4 Å². The van der Waals surface area contributed by atoms with Crippen LogP contribution < -0.4 is 10.5 Å². The van der Waals surface area contributed by atoms with Gasteiger partial charge in [0.05, 0.1) is 16.7 Å². The first kappa shape index (κ1) is 14.7. The normalized spacial score (nSPS) is 10.8. The number of aromatic nitrogens is 1. The number of para-hydroxylation sites is 1. The second-order valence-electron chi connectivity index (χ2n) is 4.66. The molecule has 1 aromatic heterocycles. The molecule has 0 saturated heterocycles. The number of ketones is 1. The first-order valence-corrected chi connectivity index (χ1v) is 7.44. The van der Waals surface area contributed by atoms with E-state index in [9.17, 15) is 4.79 Å². The molecule has 0 aliphatic carbocycles. The van der Waals surface area contributed by atoms with Crippen molar-refractivity contribution in [1.82, 2.24) is 4.98 Å². The molecule has 2 N–H and O–H groups in total. The molecule has 0 unspecified atom stereocenters. The van der Waals surface area contributed by atoms with Crippen molar-refractivity contribution in [1.29, 1.82) is 0 Å². The summed E-state index contributed by atoms with van der Waals surface area (Å²) >= 11 is 1.46. The number of benzene rings is 1. The number of thiazole rings is 1. The lowest BCUT2D eigenvalue weighted by Crippen LogP contribution is -2.11. The second kappa shape index (κ2) is 6.63. The molecule has 20 heavy (non-hydrogen) atoms. The van der Waals surface area contributed by atoms with E-state index < -0.39 is 0 Å². The lowest BCUT2D eigenvalue weighted by atomic mass is 10.1. The molecule has 2 aromatic rings. The van der Waals surface area contributed by atoms with Gasteiger partial charge in [-0.05, 0) is 32.5 Å². The van der Waals surface area contributed by atoms with Crippen LogP contribution in [0, 0.1) is 0 Å². The maximum absolute atomic E-state index is 12.5. The van der Waals surface area contributed by atoms with Crippen molar-refractivity contribution >= 4 is 17.1 Å². The van der Waals surface area contributed by atoms with Gasteiger partial charge < -0.3 is 10.5 Å². The van der Waals surface area contributed by atoms with Crippen molar-refractivity contribution in [2.45, 2.75) is 26.4 Å². The van der Waals surface area contributed by atoms with Gasteiger partial charge in [0, 0.05) is 11.8 Å². The highest BCUT2D eigenvalue weighted by atomic mass is 32.1. The van der Waals surface area contributed by atoms with E-state index in [-0.39, 0.29) is 11.9 Å². The topological polar surface area (TPSA) is 65.2 Å². The molecular formula is C15H18N2O2S. The fourth-order valence-corrected chi connectivity index (χ4v) is 2.60. The minimum atomic E-state index is -0.110. The van der Waals surface area contributed by atoms with Gasteiger partial charge in [-0.15, -0.1) is 11.3 Å². The summed E-state index contributed by atoms with van der Waals surface area (Å²) in [6.07, 6.45) is 0.717. The summed E-state index contributed by atoms with van der Waals surface area (Å²) in [7, 11) is 0. The zero-order valence-electron chi connectivity index (χ0n) is 11.6. The highest BCUT2D eigenvalue weighted by Gasteiger charge is 2.17. The van der Waals surface area contributed by atoms with E-state index in [1.807, 2.05) is 26.0 Å². The van der Waals surface area contributed by atoms with Crippen LogP contribution in [0.15, 0.2) is 29.6 Å². The van der Waals surface area contributed by atoms with Gasteiger partial charge in [-0.25, -0.2) is 4.98 Å². The van der Waals surface area contributed by atoms with Crippen LogP contribution in [-0.2, 0) is 6.42 Å². The Balaban J connectivity index is 2.27. The fourth-order valence-electron chi connectivity index (χ4n) is 1.80. The number of ether oxygens (including phenoxy) is 1. The average molecular weight is 290 g/mol. The van der Waals surface area contributed by atoms with Gasteiger partial charge in [-0.3, -0.25) is 4.79 Å². The third-order valence-corrected chi connectivity index (χ3v) is 3.55. The van der Waals surface area contributed by atoms with Crippen molar-refractivity contribution in [2.24, 2.45) is 5.73 Å². The largest absolute Gasteiger partial charge is 0.490 e. The van der Waals surface area contributed by atoms with Crippen molar-refractivity contribution in [2.75, 3.05) is 6.54 Å². The van der Waals surface area contributed by atoms with Crippen LogP contribution in [0.2, 0.25) is 0 Å². The Kier molecular flexibility index (Phi) is 4.87.